The molecule has 0 aliphatic carbocycles. The van der Waals surface area contributed by atoms with Crippen LogP contribution in [0.3, 0.4) is 0 Å². The molecule has 20 heavy (non-hydrogen) atoms. The van der Waals surface area contributed by atoms with Gasteiger partial charge in [0.15, 0.2) is 17.1 Å². The van der Waals surface area contributed by atoms with Crippen LogP contribution in [-0.2, 0) is 0 Å². The molecule has 1 aromatic carbocycles. The van der Waals surface area contributed by atoms with Crippen molar-refractivity contribution in [2.75, 3.05) is 14.2 Å². The fourth-order valence-corrected chi connectivity index (χ4v) is 2.32. The van der Waals surface area contributed by atoms with Crippen molar-refractivity contribution in [2.24, 2.45) is 0 Å². The number of fused-ring (bicyclic) bond motifs is 1. The second kappa shape index (κ2) is 4.85. The van der Waals surface area contributed by atoms with Crippen molar-refractivity contribution in [3.05, 3.63) is 42.4 Å². The third-order valence-electron chi connectivity index (χ3n) is 3.19. The fourth-order valence-electron chi connectivity index (χ4n) is 2.32. The molecule has 2 heterocycles. The Labute approximate surface area is 116 Å². The van der Waals surface area contributed by atoms with Crippen LogP contribution in [0.2, 0.25) is 0 Å². The molecular formula is C15H15N3O2. The van der Waals surface area contributed by atoms with Crippen molar-refractivity contribution in [3.63, 3.8) is 0 Å². The number of aryl methyl sites for hydroxylation is 1. The van der Waals surface area contributed by atoms with E-state index in [1.165, 1.54) is 0 Å². The second-order valence-electron chi connectivity index (χ2n) is 4.49. The number of hydrogen-bond donors (Lipinski definition) is 0. The summed E-state index contributed by atoms with van der Waals surface area (Å²) in [5, 5.41) is 4.31. The summed E-state index contributed by atoms with van der Waals surface area (Å²) >= 11 is 0. The number of nitrogens with zero attached hydrogens (tertiary/aromatic N) is 3. The van der Waals surface area contributed by atoms with Crippen LogP contribution < -0.4 is 9.47 Å². The molecule has 0 radical (unpaired) electrons. The van der Waals surface area contributed by atoms with Crippen LogP contribution in [0.5, 0.6) is 11.5 Å². The lowest BCUT2D eigenvalue weighted by Crippen LogP contribution is -1.95. The fraction of sp³-hybridized carbons (Fsp3) is 0.200. The van der Waals surface area contributed by atoms with Gasteiger partial charge in [-0.3, -0.25) is 0 Å². The minimum atomic E-state index is 0.693. The standard InChI is InChI=1S/C15H15N3O2/c1-10-7-11(14(20-3)13(8-10)19-2)12-9-17-18-6-4-5-16-15(12)18/h4-9H,1-3H3. The van der Waals surface area contributed by atoms with Crippen molar-refractivity contribution >= 4 is 5.65 Å². The largest absolute Gasteiger partial charge is 0.493 e. The lowest BCUT2D eigenvalue weighted by molar-refractivity contribution is 0.356. The highest BCUT2D eigenvalue weighted by Gasteiger charge is 2.17. The van der Waals surface area contributed by atoms with Crippen molar-refractivity contribution in [1.82, 2.24) is 14.6 Å². The first-order valence-corrected chi connectivity index (χ1v) is 6.26. The lowest BCUT2D eigenvalue weighted by Gasteiger charge is -2.13. The molecule has 102 valence electrons. The number of rotatable bonds is 3. The molecule has 0 spiro atoms. The molecule has 0 aliphatic rings. The van der Waals surface area contributed by atoms with Crippen molar-refractivity contribution in [2.45, 2.75) is 6.92 Å². The van der Waals surface area contributed by atoms with Crippen LogP contribution in [0.4, 0.5) is 0 Å². The number of methoxy groups -OCH3 is 2. The van der Waals surface area contributed by atoms with Crippen LogP contribution in [0.15, 0.2) is 36.8 Å². The molecule has 5 nitrogen and oxygen atoms in total. The Kier molecular flexibility index (Phi) is 3.02. The molecule has 2 aromatic heterocycles. The van der Waals surface area contributed by atoms with Gasteiger partial charge in [-0.05, 0) is 30.7 Å². The van der Waals surface area contributed by atoms with E-state index < -0.39 is 0 Å². The van der Waals surface area contributed by atoms with Gasteiger partial charge in [0.2, 0.25) is 0 Å². The smallest absolute Gasteiger partial charge is 0.168 e. The van der Waals surface area contributed by atoms with Gasteiger partial charge in [-0.25, -0.2) is 9.50 Å². The van der Waals surface area contributed by atoms with Gasteiger partial charge >= 0.3 is 0 Å². The Morgan fingerprint density at radius 3 is 2.70 bits per heavy atom. The highest BCUT2D eigenvalue weighted by Crippen LogP contribution is 2.40. The van der Waals surface area contributed by atoms with E-state index >= 15 is 0 Å². The van der Waals surface area contributed by atoms with Gasteiger partial charge in [-0.2, -0.15) is 5.10 Å². The van der Waals surface area contributed by atoms with Crippen LogP contribution in [0.25, 0.3) is 16.8 Å². The summed E-state index contributed by atoms with van der Waals surface area (Å²) < 4.78 is 12.6. The molecule has 0 saturated heterocycles. The Bertz CT molecular complexity index is 765. The predicted molar refractivity (Wildman–Crippen MR) is 76.3 cm³/mol. The van der Waals surface area contributed by atoms with E-state index in [0.717, 1.165) is 22.3 Å². The van der Waals surface area contributed by atoms with Crippen LogP contribution in [0, 0.1) is 6.92 Å². The molecule has 0 N–H and O–H groups in total. The minimum Gasteiger partial charge on any atom is -0.493 e. The molecule has 0 amide bonds. The normalized spacial score (nSPS) is 10.8. The van der Waals surface area contributed by atoms with Crippen LogP contribution >= 0.6 is 0 Å². The lowest BCUT2D eigenvalue weighted by atomic mass is 10.0. The average Bonchev–Trinajstić information content (AvgIpc) is 2.90. The van der Waals surface area contributed by atoms with Gasteiger partial charge in [0.1, 0.15) is 0 Å². The first kappa shape index (κ1) is 12.5. The van der Waals surface area contributed by atoms with E-state index in [4.69, 9.17) is 9.47 Å². The maximum Gasteiger partial charge on any atom is 0.168 e. The first-order chi connectivity index (χ1) is 9.74. The maximum absolute atomic E-state index is 5.51. The summed E-state index contributed by atoms with van der Waals surface area (Å²) in [5.41, 5.74) is 3.73. The molecule has 0 aliphatic heterocycles. The van der Waals surface area contributed by atoms with Gasteiger partial charge in [-0.15, -0.1) is 0 Å². The van der Waals surface area contributed by atoms with Gasteiger partial charge in [0.25, 0.3) is 0 Å². The van der Waals surface area contributed by atoms with E-state index in [1.807, 2.05) is 31.3 Å². The van der Waals surface area contributed by atoms with E-state index in [1.54, 1.807) is 31.1 Å². The third-order valence-corrected chi connectivity index (χ3v) is 3.19. The SMILES string of the molecule is COc1cc(C)cc(-c2cnn3cccnc23)c1OC. The number of benzene rings is 1. The Morgan fingerprint density at radius 2 is 1.95 bits per heavy atom. The second-order valence-corrected chi connectivity index (χ2v) is 4.49. The number of ether oxygens (including phenoxy) is 2. The summed E-state index contributed by atoms with van der Waals surface area (Å²) in [6, 6.07) is 5.84. The summed E-state index contributed by atoms with van der Waals surface area (Å²) in [6.07, 6.45) is 5.41. The Hall–Kier alpha value is -2.56. The highest BCUT2D eigenvalue weighted by molar-refractivity contribution is 5.83. The predicted octanol–water partition coefficient (Wildman–Crippen LogP) is 2.72. The summed E-state index contributed by atoms with van der Waals surface area (Å²) in [5.74, 6) is 1.40. The van der Waals surface area contributed by atoms with E-state index in [2.05, 4.69) is 10.1 Å². The average molecular weight is 269 g/mol. The van der Waals surface area contributed by atoms with Crippen molar-refractivity contribution in [3.8, 4) is 22.6 Å². The minimum absolute atomic E-state index is 0.693. The molecular weight excluding hydrogens is 254 g/mol. The van der Waals surface area contributed by atoms with E-state index in [-0.39, 0.29) is 0 Å². The van der Waals surface area contributed by atoms with Gasteiger partial charge in [0.05, 0.1) is 26.0 Å². The molecule has 0 fully saturated rings. The summed E-state index contributed by atoms with van der Waals surface area (Å²) in [6.45, 7) is 2.02. The molecule has 0 atom stereocenters. The maximum atomic E-state index is 5.51. The third kappa shape index (κ3) is 1.87. The monoisotopic (exact) mass is 269 g/mol. The van der Waals surface area contributed by atoms with E-state index in [0.29, 0.717) is 11.5 Å². The van der Waals surface area contributed by atoms with Crippen LogP contribution in [-0.4, -0.2) is 28.8 Å². The molecule has 0 unspecified atom stereocenters. The zero-order valence-electron chi connectivity index (χ0n) is 11.6. The molecule has 0 bridgehead atoms. The molecule has 0 saturated carbocycles. The van der Waals surface area contributed by atoms with Gasteiger partial charge in [0, 0.05) is 18.0 Å². The Morgan fingerprint density at radius 1 is 1.10 bits per heavy atom. The first-order valence-electron chi connectivity index (χ1n) is 6.26. The zero-order chi connectivity index (χ0) is 14.1. The van der Waals surface area contributed by atoms with Gasteiger partial charge in [-0.1, -0.05) is 0 Å². The van der Waals surface area contributed by atoms with Crippen molar-refractivity contribution < 1.29 is 9.47 Å². The van der Waals surface area contributed by atoms with Crippen LogP contribution in [0.1, 0.15) is 5.56 Å². The number of aromatic nitrogens is 3. The summed E-state index contributed by atoms with van der Waals surface area (Å²) in [7, 11) is 3.27. The van der Waals surface area contributed by atoms with Crippen molar-refractivity contribution in [1.29, 1.82) is 0 Å². The quantitative estimate of drug-likeness (QED) is 0.733. The molecule has 5 heteroatoms. The number of hydrogen-bond acceptors (Lipinski definition) is 4. The highest BCUT2D eigenvalue weighted by atomic mass is 16.5. The van der Waals surface area contributed by atoms with E-state index in [9.17, 15) is 0 Å². The zero-order valence-corrected chi connectivity index (χ0v) is 11.6. The topological polar surface area (TPSA) is 48.7 Å². The van der Waals surface area contributed by atoms with Gasteiger partial charge < -0.3 is 9.47 Å². The summed E-state index contributed by atoms with van der Waals surface area (Å²) in [4.78, 5) is 4.38. The Balaban J connectivity index is 2.31. The molecule has 3 rings (SSSR count). The molecule has 3 aromatic rings.